The Morgan fingerprint density at radius 3 is 2.65 bits per heavy atom. The van der Waals surface area contributed by atoms with Gasteiger partial charge < -0.3 is 15.3 Å². The first-order valence-electron chi connectivity index (χ1n) is 12.3. The Bertz CT molecular complexity index is 981. The monoisotopic (exact) mass is 465 g/mol. The summed E-state index contributed by atoms with van der Waals surface area (Å²) in [5.41, 5.74) is 3.73. The molecule has 2 aromatic rings. The molecule has 5 nitrogen and oxygen atoms in total. The molecule has 34 heavy (non-hydrogen) atoms. The minimum atomic E-state index is -0.558. The number of aliphatic hydroxyl groups excluding tert-OH is 1. The molecule has 0 fully saturated rings. The van der Waals surface area contributed by atoms with E-state index >= 15 is 0 Å². The number of carbonyl (C=O) groups excluding carboxylic acids is 1. The molecule has 2 radical (unpaired) electrons. The summed E-state index contributed by atoms with van der Waals surface area (Å²) in [5.74, 6) is 0.0738. The maximum Gasteiger partial charge on any atom is 0.223 e. The van der Waals surface area contributed by atoms with Crippen LogP contribution in [0.2, 0.25) is 6.32 Å². The second-order valence-corrected chi connectivity index (χ2v) is 9.96. The van der Waals surface area contributed by atoms with E-state index in [1.807, 2.05) is 24.8 Å². The topological polar surface area (TPSA) is 65.5 Å². The molecule has 2 N–H and O–H groups in total. The van der Waals surface area contributed by atoms with Crippen LogP contribution in [0, 0.1) is 11.7 Å². The molecule has 0 saturated heterocycles. The fourth-order valence-corrected chi connectivity index (χ4v) is 4.58. The van der Waals surface area contributed by atoms with E-state index in [1.54, 1.807) is 12.1 Å². The lowest BCUT2D eigenvalue weighted by molar-refractivity contribution is -0.137. The van der Waals surface area contributed by atoms with E-state index in [0.29, 0.717) is 37.4 Å². The number of halogens is 1. The van der Waals surface area contributed by atoms with Gasteiger partial charge in [0.25, 0.3) is 0 Å². The summed E-state index contributed by atoms with van der Waals surface area (Å²) in [4.78, 5) is 19.9. The van der Waals surface area contributed by atoms with Crippen molar-refractivity contribution in [3.8, 4) is 0 Å². The van der Waals surface area contributed by atoms with Crippen molar-refractivity contribution in [1.29, 1.82) is 0 Å². The quantitative estimate of drug-likeness (QED) is 0.487. The fourth-order valence-electron chi connectivity index (χ4n) is 4.58. The molecular formula is C27H37BFN3O2. The maximum absolute atomic E-state index is 13.3. The highest BCUT2D eigenvalue weighted by molar-refractivity contribution is 6.08. The summed E-state index contributed by atoms with van der Waals surface area (Å²) >= 11 is 0. The third kappa shape index (κ3) is 6.05. The molecule has 2 heterocycles. The zero-order valence-corrected chi connectivity index (χ0v) is 20.9. The van der Waals surface area contributed by atoms with E-state index < -0.39 is 5.54 Å². The molecule has 1 aliphatic heterocycles. The van der Waals surface area contributed by atoms with Crippen LogP contribution >= 0.6 is 0 Å². The highest BCUT2D eigenvalue weighted by Gasteiger charge is 2.42. The second kappa shape index (κ2) is 11.5. The number of aromatic nitrogens is 1. The summed E-state index contributed by atoms with van der Waals surface area (Å²) in [7, 11) is 5.96. The highest BCUT2D eigenvalue weighted by Crippen LogP contribution is 2.39. The molecule has 1 aromatic carbocycles. The summed E-state index contributed by atoms with van der Waals surface area (Å²) in [6.45, 7) is 9.44. The van der Waals surface area contributed by atoms with Gasteiger partial charge in [-0.15, -0.1) is 0 Å². The van der Waals surface area contributed by atoms with Crippen molar-refractivity contribution >= 4 is 13.8 Å². The Balaban J connectivity index is 1.72. The number of carbonyl (C=O) groups is 1. The summed E-state index contributed by atoms with van der Waals surface area (Å²) < 4.78 is 13.3. The molecule has 3 rings (SSSR count). The van der Waals surface area contributed by atoms with Crippen LogP contribution in [0.4, 0.5) is 4.39 Å². The molecule has 1 aliphatic rings. The standard InChI is InChI=1S/C27H37BFN3O2/c1-5-18(2)30-15-20(14-28)8-11-25(34)32-16-22-13-21(12-19-6-9-23(29)10-7-19)24(17-33)31-26(22)27(32,3)4/h6-7,9-10,13,18,20,30,33H,5,8,11-12,14-17H2,1-4H3/t18-,20+/m1/s1. The molecule has 182 valence electrons. The van der Waals surface area contributed by atoms with Gasteiger partial charge in [-0.25, -0.2) is 4.39 Å². The van der Waals surface area contributed by atoms with Crippen LogP contribution in [0.1, 0.15) is 75.0 Å². The van der Waals surface area contributed by atoms with Crippen molar-refractivity contribution in [3.05, 3.63) is 64.2 Å². The van der Waals surface area contributed by atoms with Crippen LogP contribution in [-0.2, 0) is 29.9 Å². The fraction of sp³-hybridized carbons (Fsp3) is 0.556. The first kappa shape index (κ1) is 26.4. The molecule has 0 spiro atoms. The highest BCUT2D eigenvalue weighted by atomic mass is 19.1. The maximum atomic E-state index is 13.3. The minimum Gasteiger partial charge on any atom is -0.390 e. The van der Waals surface area contributed by atoms with Crippen molar-refractivity contribution in [2.75, 3.05) is 6.54 Å². The molecule has 0 unspecified atom stereocenters. The Kier molecular flexibility index (Phi) is 8.88. The molecule has 0 bridgehead atoms. The minimum absolute atomic E-state index is 0.0932. The zero-order chi connectivity index (χ0) is 24.9. The second-order valence-electron chi connectivity index (χ2n) is 9.96. The number of hydrogen-bond acceptors (Lipinski definition) is 4. The molecular weight excluding hydrogens is 428 g/mol. The molecule has 1 aromatic heterocycles. The average Bonchev–Trinajstić information content (AvgIpc) is 3.09. The van der Waals surface area contributed by atoms with Crippen LogP contribution in [0.15, 0.2) is 30.3 Å². The largest absolute Gasteiger partial charge is 0.390 e. The van der Waals surface area contributed by atoms with Gasteiger partial charge in [0.2, 0.25) is 5.91 Å². The lowest BCUT2D eigenvalue weighted by Gasteiger charge is -2.32. The van der Waals surface area contributed by atoms with Crippen LogP contribution in [0.5, 0.6) is 0 Å². The molecule has 0 aliphatic carbocycles. The van der Waals surface area contributed by atoms with Gasteiger partial charge in [0, 0.05) is 19.0 Å². The van der Waals surface area contributed by atoms with Gasteiger partial charge in [-0.1, -0.05) is 25.4 Å². The Morgan fingerprint density at radius 1 is 1.32 bits per heavy atom. The van der Waals surface area contributed by atoms with Crippen molar-refractivity contribution in [3.63, 3.8) is 0 Å². The number of benzene rings is 1. The predicted octanol–water partition coefficient (Wildman–Crippen LogP) is 4.25. The summed E-state index contributed by atoms with van der Waals surface area (Å²) in [5, 5.41) is 13.5. The van der Waals surface area contributed by atoms with Gasteiger partial charge in [-0.05, 0) is 87.4 Å². The van der Waals surface area contributed by atoms with Crippen LogP contribution < -0.4 is 5.32 Å². The lowest BCUT2D eigenvalue weighted by Crippen LogP contribution is -2.41. The van der Waals surface area contributed by atoms with E-state index in [1.165, 1.54) is 12.1 Å². The van der Waals surface area contributed by atoms with E-state index in [9.17, 15) is 14.3 Å². The first-order chi connectivity index (χ1) is 16.2. The first-order valence-corrected chi connectivity index (χ1v) is 12.3. The van der Waals surface area contributed by atoms with Crippen LogP contribution in [0.25, 0.3) is 0 Å². The van der Waals surface area contributed by atoms with Crippen molar-refractivity contribution in [2.24, 2.45) is 5.92 Å². The number of aliphatic hydroxyl groups is 1. The van der Waals surface area contributed by atoms with E-state index in [-0.39, 0.29) is 24.2 Å². The van der Waals surface area contributed by atoms with Gasteiger partial charge >= 0.3 is 0 Å². The summed E-state index contributed by atoms with van der Waals surface area (Å²) in [6, 6.07) is 8.84. The van der Waals surface area contributed by atoms with Crippen LogP contribution in [0.3, 0.4) is 0 Å². The predicted molar refractivity (Wildman–Crippen MR) is 134 cm³/mol. The Morgan fingerprint density at radius 2 is 2.03 bits per heavy atom. The number of amides is 1. The number of rotatable bonds is 11. The molecule has 1 amide bonds. The van der Waals surface area contributed by atoms with E-state index in [4.69, 9.17) is 12.8 Å². The van der Waals surface area contributed by atoms with E-state index in [2.05, 4.69) is 19.2 Å². The van der Waals surface area contributed by atoms with Crippen molar-refractivity contribution in [2.45, 2.75) is 84.4 Å². The number of nitrogens with zero attached hydrogens (tertiary/aromatic N) is 2. The number of fused-ring (bicyclic) bond motifs is 1. The Hall–Kier alpha value is -2.25. The summed E-state index contributed by atoms with van der Waals surface area (Å²) in [6.07, 6.45) is 3.34. The molecule has 7 heteroatoms. The lowest BCUT2D eigenvalue weighted by atomic mass is 9.87. The zero-order valence-electron chi connectivity index (χ0n) is 20.9. The van der Waals surface area contributed by atoms with Crippen molar-refractivity contribution in [1.82, 2.24) is 15.2 Å². The van der Waals surface area contributed by atoms with Gasteiger partial charge in [-0.2, -0.15) is 0 Å². The van der Waals surface area contributed by atoms with E-state index in [0.717, 1.165) is 41.8 Å². The number of nitrogens with one attached hydrogen (secondary N) is 1. The van der Waals surface area contributed by atoms with Crippen LogP contribution in [-0.4, -0.2) is 41.3 Å². The van der Waals surface area contributed by atoms with Crippen molar-refractivity contribution < 1.29 is 14.3 Å². The van der Waals surface area contributed by atoms with Gasteiger partial charge in [0.05, 0.1) is 31.4 Å². The molecule has 0 saturated carbocycles. The smallest absolute Gasteiger partial charge is 0.223 e. The molecule has 2 atom stereocenters. The number of pyridine rings is 1. The van der Waals surface area contributed by atoms with Gasteiger partial charge in [0.1, 0.15) is 5.82 Å². The SMILES string of the molecule is [B]C[C@H](CCC(=O)N1Cc2cc(Cc3ccc(F)cc3)c(CO)nc2C1(C)C)CN[C@H](C)CC. The average molecular weight is 465 g/mol. The third-order valence-corrected chi connectivity index (χ3v) is 7.08. The normalized spacial score (nSPS) is 16.4. The third-order valence-electron chi connectivity index (χ3n) is 7.08. The Labute approximate surface area is 204 Å². The van der Waals surface area contributed by atoms with Gasteiger partial charge in [-0.3, -0.25) is 9.78 Å². The van der Waals surface area contributed by atoms with Gasteiger partial charge in [0.15, 0.2) is 0 Å². The number of hydrogen-bond donors (Lipinski definition) is 2.